The number of esters is 1. The third kappa shape index (κ3) is 3.58. The van der Waals surface area contributed by atoms with Gasteiger partial charge >= 0.3 is 5.97 Å². The lowest BCUT2D eigenvalue weighted by molar-refractivity contribution is -0.149. The highest BCUT2D eigenvalue weighted by Gasteiger charge is 2.14. The minimum absolute atomic E-state index is 0.269. The number of carbonyl (C=O) groups is 2. The molecule has 1 aromatic carbocycles. The van der Waals surface area contributed by atoms with E-state index in [1.54, 1.807) is 25.3 Å². The monoisotopic (exact) mass is 264 g/mol. The molecule has 0 saturated heterocycles. The zero-order chi connectivity index (χ0) is 14.4. The second kappa shape index (κ2) is 6.58. The number of hydrogen-bond acceptors (Lipinski definition) is 5. The summed E-state index contributed by atoms with van der Waals surface area (Å²) in [6.45, 7) is 1.91. The Morgan fingerprint density at radius 3 is 2.53 bits per heavy atom. The van der Waals surface area contributed by atoms with Crippen molar-refractivity contribution in [1.82, 2.24) is 0 Å². The quantitative estimate of drug-likeness (QED) is 0.380. The van der Waals surface area contributed by atoms with E-state index < -0.39 is 11.8 Å². The number of aliphatic hydroxyl groups excluding tert-OH is 1. The molecule has 5 nitrogen and oxygen atoms in total. The van der Waals surface area contributed by atoms with E-state index in [-0.39, 0.29) is 5.76 Å². The highest BCUT2D eigenvalue weighted by atomic mass is 16.5. The summed E-state index contributed by atoms with van der Waals surface area (Å²) in [6.07, 6.45) is 1.50. The molecule has 1 N–H and O–H groups in total. The predicted molar refractivity (Wildman–Crippen MR) is 70.0 cm³/mol. The summed E-state index contributed by atoms with van der Waals surface area (Å²) < 4.78 is 9.36. The maximum Gasteiger partial charge on any atom is 0.378 e. The molecule has 0 heterocycles. The number of methoxy groups -OCH3 is 2. The molecule has 0 radical (unpaired) electrons. The molecular weight excluding hydrogens is 248 g/mol. The molecule has 19 heavy (non-hydrogen) atoms. The maximum absolute atomic E-state index is 11.3. The molecule has 0 bridgehead atoms. The molecular formula is C14H16O5. The molecule has 0 unspecified atom stereocenters. The number of benzene rings is 1. The number of ether oxygens (including phenoxy) is 2. The van der Waals surface area contributed by atoms with E-state index in [0.717, 1.165) is 18.7 Å². The lowest BCUT2D eigenvalue weighted by Gasteiger charge is -2.09. The Morgan fingerprint density at radius 1 is 1.32 bits per heavy atom. The van der Waals surface area contributed by atoms with Gasteiger partial charge in [-0.15, -0.1) is 0 Å². The van der Waals surface area contributed by atoms with Gasteiger partial charge in [0, 0.05) is 11.6 Å². The average Bonchev–Trinajstić information content (AvgIpc) is 2.45. The fourth-order valence-electron chi connectivity index (χ4n) is 1.60. The molecule has 0 aliphatic heterocycles. The molecule has 0 aliphatic rings. The third-order valence-electron chi connectivity index (χ3n) is 2.62. The predicted octanol–water partition coefficient (Wildman–Crippen LogP) is 1.90. The first-order chi connectivity index (χ1) is 9.03. The van der Waals surface area contributed by atoms with Gasteiger partial charge in [-0.05, 0) is 30.2 Å². The van der Waals surface area contributed by atoms with Gasteiger partial charge in [0.25, 0.3) is 5.78 Å². The van der Waals surface area contributed by atoms with E-state index in [2.05, 4.69) is 4.74 Å². The molecule has 0 fully saturated rings. The van der Waals surface area contributed by atoms with Crippen molar-refractivity contribution in [3.05, 3.63) is 35.4 Å². The Morgan fingerprint density at radius 2 is 2.00 bits per heavy atom. The van der Waals surface area contributed by atoms with Gasteiger partial charge in [0.2, 0.25) is 0 Å². The molecule has 1 aromatic rings. The number of rotatable bonds is 5. The Kier molecular flexibility index (Phi) is 5.11. The third-order valence-corrected chi connectivity index (χ3v) is 2.62. The fourth-order valence-corrected chi connectivity index (χ4v) is 1.60. The van der Waals surface area contributed by atoms with Crippen LogP contribution in [0.2, 0.25) is 0 Å². The summed E-state index contributed by atoms with van der Waals surface area (Å²) in [6, 6.07) is 5.07. The summed E-state index contributed by atoms with van der Waals surface area (Å²) in [5, 5.41) is 9.90. The van der Waals surface area contributed by atoms with Crippen molar-refractivity contribution in [3.8, 4) is 5.75 Å². The van der Waals surface area contributed by atoms with E-state index in [1.165, 1.54) is 0 Å². The van der Waals surface area contributed by atoms with Gasteiger partial charge < -0.3 is 14.6 Å². The summed E-state index contributed by atoms with van der Waals surface area (Å²) in [4.78, 5) is 22.3. The zero-order valence-corrected chi connectivity index (χ0v) is 11.1. The van der Waals surface area contributed by atoms with E-state index >= 15 is 0 Å². The van der Waals surface area contributed by atoms with E-state index in [1.807, 2.05) is 6.92 Å². The topological polar surface area (TPSA) is 72.8 Å². The second-order valence-electron chi connectivity index (χ2n) is 3.76. The van der Waals surface area contributed by atoms with E-state index in [9.17, 15) is 14.7 Å². The van der Waals surface area contributed by atoms with Crippen LogP contribution >= 0.6 is 0 Å². The molecule has 0 amide bonds. The maximum atomic E-state index is 11.3. The van der Waals surface area contributed by atoms with Crippen molar-refractivity contribution in [2.24, 2.45) is 0 Å². The first-order valence-electron chi connectivity index (χ1n) is 5.73. The first-order valence-corrected chi connectivity index (χ1v) is 5.73. The fraction of sp³-hybridized carbons (Fsp3) is 0.286. The van der Waals surface area contributed by atoms with Gasteiger partial charge in [0.05, 0.1) is 14.2 Å². The van der Waals surface area contributed by atoms with Gasteiger partial charge in [-0.1, -0.05) is 6.92 Å². The van der Waals surface area contributed by atoms with Crippen LogP contribution < -0.4 is 4.74 Å². The van der Waals surface area contributed by atoms with Gasteiger partial charge in [0.1, 0.15) is 11.5 Å². The molecule has 0 aromatic heterocycles. The lowest BCUT2D eigenvalue weighted by Crippen LogP contribution is -2.13. The van der Waals surface area contributed by atoms with E-state index in [4.69, 9.17) is 4.74 Å². The van der Waals surface area contributed by atoms with Crippen LogP contribution in [0.5, 0.6) is 5.75 Å². The van der Waals surface area contributed by atoms with E-state index in [0.29, 0.717) is 17.7 Å². The molecule has 0 atom stereocenters. The largest absolute Gasteiger partial charge is 0.507 e. The number of ketones is 1. The minimum Gasteiger partial charge on any atom is -0.507 e. The summed E-state index contributed by atoms with van der Waals surface area (Å²) in [5.74, 6) is -1.53. The zero-order valence-electron chi connectivity index (χ0n) is 11.1. The molecule has 1 rings (SSSR count). The Balaban J connectivity index is 3.12. The van der Waals surface area contributed by atoms with Crippen molar-refractivity contribution in [3.63, 3.8) is 0 Å². The van der Waals surface area contributed by atoms with Crippen LogP contribution in [0.3, 0.4) is 0 Å². The minimum atomic E-state index is -1.02. The van der Waals surface area contributed by atoms with Crippen molar-refractivity contribution in [1.29, 1.82) is 0 Å². The normalized spacial score (nSPS) is 11.0. The summed E-state index contributed by atoms with van der Waals surface area (Å²) in [7, 11) is 2.65. The first kappa shape index (κ1) is 14.8. The molecule has 0 spiro atoms. The molecule has 0 saturated carbocycles. The molecule has 102 valence electrons. The number of aliphatic hydroxyl groups is 1. The number of carbonyl (C=O) groups excluding carboxylic acids is 2. The van der Waals surface area contributed by atoms with Gasteiger partial charge in [0.15, 0.2) is 0 Å². The molecule has 0 aliphatic carbocycles. The standard InChI is InChI=1S/C14H16O5/c1-4-9-7-10(18-2)5-6-11(9)12(15)8-13(16)14(17)19-3/h5-8,15H,4H2,1-3H3/b12-8-. The number of hydrogen-bond donors (Lipinski definition) is 1. The van der Waals surface area contributed by atoms with Crippen molar-refractivity contribution in [2.45, 2.75) is 13.3 Å². The van der Waals surface area contributed by atoms with Crippen LogP contribution in [0.1, 0.15) is 18.1 Å². The summed E-state index contributed by atoms with van der Waals surface area (Å²) >= 11 is 0. The van der Waals surface area contributed by atoms with Crippen LogP contribution in [-0.4, -0.2) is 31.1 Å². The average molecular weight is 264 g/mol. The lowest BCUT2D eigenvalue weighted by atomic mass is 10.0. The van der Waals surface area contributed by atoms with Crippen LogP contribution in [0.25, 0.3) is 5.76 Å². The van der Waals surface area contributed by atoms with Gasteiger partial charge in [-0.3, -0.25) is 4.79 Å². The van der Waals surface area contributed by atoms with Crippen LogP contribution in [-0.2, 0) is 20.7 Å². The van der Waals surface area contributed by atoms with Crippen molar-refractivity contribution < 1.29 is 24.2 Å². The number of aryl methyl sites for hydroxylation is 1. The van der Waals surface area contributed by atoms with Gasteiger partial charge in [-0.25, -0.2) is 4.79 Å². The van der Waals surface area contributed by atoms with Crippen molar-refractivity contribution >= 4 is 17.5 Å². The summed E-state index contributed by atoms with van der Waals surface area (Å²) in [5.41, 5.74) is 1.30. The van der Waals surface area contributed by atoms with Crippen LogP contribution in [0.4, 0.5) is 0 Å². The highest BCUT2D eigenvalue weighted by molar-refractivity contribution is 6.39. The Bertz CT molecular complexity index is 517. The Hall–Kier alpha value is -2.30. The highest BCUT2D eigenvalue weighted by Crippen LogP contribution is 2.23. The Labute approximate surface area is 111 Å². The van der Waals surface area contributed by atoms with Gasteiger partial charge in [-0.2, -0.15) is 0 Å². The second-order valence-corrected chi connectivity index (χ2v) is 3.76. The van der Waals surface area contributed by atoms with Crippen LogP contribution in [0, 0.1) is 0 Å². The SMILES string of the molecule is CCc1cc(OC)ccc1/C(O)=C/C(=O)C(=O)OC. The van der Waals surface area contributed by atoms with Crippen LogP contribution in [0.15, 0.2) is 24.3 Å². The molecule has 5 heteroatoms. The van der Waals surface area contributed by atoms with Crippen molar-refractivity contribution in [2.75, 3.05) is 14.2 Å². The smallest absolute Gasteiger partial charge is 0.378 e.